The SMILES string of the molecule is COc1ccc(NC(=S)Nc2ccc(N)cc2)nn1. The molecule has 98 valence electrons. The van der Waals surface area contributed by atoms with Crippen molar-refractivity contribution in [2.75, 3.05) is 23.5 Å². The van der Waals surface area contributed by atoms with Crippen LogP contribution < -0.4 is 21.1 Å². The van der Waals surface area contributed by atoms with Crippen molar-refractivity contribution in [2.24, 2.45) is 0 Å². The maximum atomic E-state index is 5.60. The van der Waals surface area contributed by atoms with Crippen molar-refractivity contribution in [1.82, 2.24) is 10.2 Å². The molecule has 1 aromatic heterocycles. The van der Waals surface area contributed by atoms with E-state index >= 15 is 0 Å². The Morgan fingerprint density at radius 1 is 1.11 bits per heavy atom. The molecular formula is C12H13N5OS. The second kappa shape index (κ2) is 5.96. The molecular weight excluding hydrogens is 262 g/mol. The van der Waals surface area contributed by atoms with Crippen LogP contribution in [0.25, 0.3) is 0 Å². The lowest BCUT2D eigenvalue weighted by molar-refractivity contribution is 0.392. The highest BCUT2D eigenvalue weighted by molar-refractivity contribution is 7.80. The lowest BCUT2D eigenvalue weighted by Gasteiger charge is -2.09. The van der Waals surface area contributed by atoms with Gasteiger partial charge in [-0.1, -0.05) is 0 Å². The predicted molar refractivity (Wildman–Crippen MR) is 79.3 cm³/mol. The van der Waals surface area contributed by atoms with Crippen molar-refractivity contribution in [3.63, 3.8) is 0 Å². The number of methoxy groups -OCH3 is 1. The maximum Gasteiger partial charge on any atom is 0.233 e. The van der Waals surface area contributed by atoms with E-state index in [0.717, 1.165) is 5.69 Å². The van der Waals surface area contributed by atoms with Crippen LogP contribution in [0.5, 0.6) is 5.88 Å². The van der Waals surface area contributed by atoms with Crippen molar-refractivity contribution in [2.45, 2.75) is 0 Å². The minimum atomic E-state index is 0.421. The van der Waals surface area contributed by atoms with Gasteiger partial charge in [0.05, 0.1) is 7.11 Å². The standard InChI is InChI=1S/C12H13N5OS/c1-18-11-7-6-10(16-17-11)15-12(19)14-9-4-2-8(13)3-5-9/h2-7H,13H2,1H3,(H2,14,15,16,19). The Morgan fingerprint density at radius 2 is 1.84 bits per heavy atom. The molecule has 1 heterocycles. The third-order valence-electron chi connectivity index (χ3n) is 2.26. The summed E-state index contributed by atoms with van der Waals surface area (Å²) < 4.78 is 4.92. The van der Waals surface area contributed by atoms with E-state index in [1.165, 1.54) is 7.11 Å². The molecule has 0 atom stereocenters. The van der Waals surface area contributed by atoms with Crippen LogP contribution in [-0.2, 0) is 0 Å². The molecule has 0 saturated heterocycles. The number of nitrogens with two attached hydrogens (primary N) is 1. The third-order valence-corrected chi connectivity index (χ3v) is 2.46. The Labute approximate surface area is 116 Å². The quantitative estimate of drug-likeness (QED) is 0.582. The summed E-state index contributed by atoms with van der Waals surface area (Å²) in [5, 5.41) is 14.1. The largest absolute Gasteiger partial charge is 0.480 e. The van der Waals surface area contributed by atoms with Crippen LogP contribution in [0.15, 0.2) is 36.4 Å². The van der Waals surface area contributed by atoms with Gasteiger partial charge in [0.2, 0.25) is 5.88 Å². The molecule has 0 amide bonds. The monoisotopic (exact) mass is 275 g/mol. The van der Waals surface area contributed by atoms with Gasteiger partial charge in [0.1, 0.15) is 0 Å². The summed E-state index contributed by atoms with van der Waals surface area (Å²) in [4.78, 5) is 0. The molecule has 1 aromatic carbocycles. The minimum absolute atomic E-state index is 0.421. The number of thiocarbonyl (C=S) groups is 1. The van der Waals surface area contributed by atoms with Gasteiger partial charge in [-0.15, -0.1) is 10.2 Å². The number of benzene rings is 1. The number of anilines is 3. The molecule has 0 radical (unpaired) electrons. The van der Waals surface area contributed by atoms with Crippen LogP contribution in [0.2, 0.25) is 0 Å². The summed E-state index contributed by atoms with van der Waals surface area (Å²) in [5.74, 6) is 0.983. The number of nitrogens with zero attached hydrogens (tertiary/aromatic N) is 2. The van der Waals surface area contributed by atoms with Crippen LogP contribution in [0, 0.1) is 0 Å². The molecule has 0 fully saturated rings. The fourth-order valence-corrected chi connectivity index (χ4v) is 1.56. The van der Waals surface area contributed by atoms with Gasteiger partial charge < -0.3 is 21.1 Å². The highest BCUT2D eigenvalue weighted by Gasteiger charge is 2.01. The molecule has 0 unspecified atom stereocenters. The van der Waals surface area contributed by atoms with Gasteiger partial charge in [0, 0.05) is 17.4 Å². The average molecular weight is 275 g/mol. The molecule has 7 heteroatoms. The number of aromatic nitrogens is 2. The number of nitrogens with one attached hydrogen (secondary N) is 2. The number of hydrogen-bond donors (Lipinski definition) is 3. The molecule has 2 rings (SSSR count). The number of hydrogen-bond acceptors (Lipinski definition) is 5. The molecule has 2 aromatic rings. The summed E-state index contributed by atoms with van der Waals surface area (Å²) in [6.45, 7) is 0. The topological polar surface area (TPSA) is 85.1 Å². The molecule has 0 aliphatic carbocycles. The first-order valence-corrected chi connectivity index (χ1v) is 5.89. The fourth-order valence-electron chi connectivity index (χ4n) is 1.34. The molecule has 4 N–H and O–H groups in total. The van der Waals surface area contributed by atoms with Gasteiger partial charge in [-0.2, -0.15) is 0 Å². The van der Waals surface area contributed by atoms with E-state index in [0.29, 0.717) is 22.5 Å². The van der Waals surface area contributed by atoms with Crippen LogP contribution in [-0.4, -0.2) is 22.4 Å². The summed E-state index contributed by atoms with van der Waals surface area (Å²) in [6, 6.07) is 10.7. The maximum absolute atomic E-state index is 5.60. The Kier molecular flexibility index (Phi) is 4.09. The van der Waals surface area contributed by atoms with Crippen LogP contribution >= 0.6 is 12.2 Å². The number of rotatable bonds is 3. The van der Waals surface area contributed by atoms with E-state index in [4.69, 9.17) is 22.7 Å². The normalized spacial score (nSPS) is 9.74. The van der Waals surface area contributed by atoms with E-state index in [1.807, 2.05) is 12.1 Å². The second-order valence-electron chi connectivity index (χ2n) is 3.66. The van der Waals surface area contributed by atoms with E-state index in [1.54, 1.807) is 24.3 Å². The first-order chi connectivity index (χ1) is 9.17. The minimum Gasteiger partial charge on any atom is -0.480 e. The first-order valence-electron chi connectivity index (χ1n) is 5.48. The van der Waals surface area contributed by atoms with Gasteiger partial charge in [-0.05, 0) is 42.5 Å². The summed E-state index contributed by atoms with van der Waals surface area (Å²) in [7, 11) is 1.53. The zero-order valence-corrected chi connectivity index (χ0v) is 11.1. The van der Waals surface area contributed by atoms with Crippen LogP contribution in [0.4, 0.5) is 17.2 Å². The number of nitrogen functional groups attached to an aromatic ring is 1. The van der Waals surface area contributed by atoms with E-state index < -0.39 is 0 Å². The van der Waals surface area contributed by atoms with Gasteiger partial charge in [-0.3, -0.25) is 0 Å². The predicted octanol–water partition coefficient (Wildman–Crippen LogP) is 1.88. The zero-order valence-electron chi connectivity index (χ0n) is 10.3. The molecule has 0 aliphatic heterocycles. The average Bonchev–Trinajstić information content (AvgIpc) is 2.42. The molecule has 0 bridgehead atoms. The Morgan fingerprint density at radius 3 is 2.42 bits per heavy atom. The van der Waals surface area contributed by atoms with Gasteiger partial charge >= 0.3 is 0 Å². The molecule has 0 aliphatic rings. The third kappa shape index (κ3) is 3.78. The Balaban J connectivity index is 1.95. The van der Waals surface area contributed by atoms with E-state index in [2.05, 4.69) is 20.8 Å². The smallest absolute Gasteiger partial charge is 0.233 e. The molecule has 19 heavy (non-hydrogen) atoms. The molecule has 6 nitrogen and oxygen atoms in total. The lowest BCUT2D eigenvalue weighted by Crippen LogP contribution is -2.19. The van der Waals surface area contributed by atoms with Gasteiger partial charge in [-0.25, -0.2) is 0 Å². The van der Waals surface area contributed by atoms with Crippen LogP contribution in [0.3, 0.4) is 0 Å². The van der Waals surface area contributed by atoms with Gasteiger partial charge in [0.15, 0.2) is 10.9 Å². The summed E-state index contributed by atoms with van der Waals surface area (Å²) in [6.07, 6.45) is 0. The second-order valence-corrected chi connectivity index (χ2v) is 4.07. The highest BCUT2D eigenvalue weighted by Crippen LogP contribution is 2.12. The number of ether oxygens (including phenoxy) is 1. The summed E-state index contributed by atoms with van der Waals surface area (Å²) >= 11 is 5.16. The Hall–Kier alpha value is -2.41. The van der Waals surface area contributed by atoms with Crippen molar-refractivity contribution in [3.05, 3.63) is 36.4 Å². The van der Waals surface area contributed by atoms with E-state index in [9.17, 15) is 0 Å². The summed E-state index contributed by atoms with van der Waals surface area (Å²) in [5.41, 5.74) is 7.14. The molecule has 0 spiro atoms. The van der Waals surface area contributed by atoms with E-state index in [-0.39, 0.29) is 0 Å². The van der Waals surface area contributed by atoms with Gasteiger partial charge in [0.25, 0.3) is 0 Å². The van der Waals surface area contributed by atoms with Crippen LogP contribution in [0.1, 0.15) is 0 Å². The lowest BCUT2D eigenvalue weighted by atomic mass is 10.3. The van der Waals surface area contributed by atoms with Crippen molar-refractivity contribution in [1.29, 1.82) is 0 Å². The highest BCUT2D eigenvalue weighted by atomic mass is 32.1. The van der Waals surface area contributed by atoms with Crippen molar-refractivity contribution >= 4 is 34.5 Å². The zero-order chi connectivity index (χ0) is 13.7. The van der Waals surface area contributed by atoms with Crippen molar-refractivity contribution in [3.8, 4) is 5.88 Å². The fraction of sp³-hybridized carbons (Fsp3) is 0.0833. The first kappa shape index (κ1) is 13.0. The Bertz CT molecular complexity index is 555. The molecule has 0 saturated carbocycles. The van der Waals surface area contributed by atoms with Crippen molar-refractivity contribution < 1.29 is 4.74 Å².